The van der Waals surface area contributed by atoms with Gasteiger partial charge in [0.15, 0.2) is 0 Å². The third kappa shape index (κ3) is 3.05. The maximum Gasteiger partial charge on any atom is 0.224 e. The summed E-state index contributed by atoms with van der Waals surface area (Å²) in [5.74, 6) is 0.609. The maximum atomic E-state index is 12.0. The van der Waals surface area contributed by atoms with Crippen molar-refractivity contribution in [2.45, 2.75) is 25.3 Å². The molecule has 1 aromatic carbocycles. The highest BCUT2D eigenvalue weighted by Gasteiger charge is 2.18. The Morgan fingerprint density at radius 2 is 2.09 bits per heavy atom. The second-order valence-electron chi connectivity index (χ2n) is 5.23. The highest BCUT2D eigenvalue weighted by atomic mass is 35.5. The number of imidazole rings is 1. The molecule has 6 heteroatoms. The molecule has 4 N–H and O–H groups in total. The quantitative estimate of drug-likeness (QED) is 0.651. The Hall–Kier alpha value is -2.11. The summed E-state index contributed by atoms with van der Waals surface area (Å²) in [5, 5.41) is 3.34. The van der Waals surface area contributed by atoms with Gasteiger partial charge in [-0.1, -0.05) is 42.0 Å². The predicted molar refractivity (Wildman–Crippen MR) is 87.6 cm³/mol. The molecule has 0 spiro atoms. The largest absolute Gasteiger partial charge is 0.331 e. The number of H-pyrrole nitrogens is 1. The van der Waals surface area contributed by atoms with Crippen LogP contribution in [0, 0.1) is 0 Å². The van der Waals surface area contributed by atoms with E-state index in [1.54, 1.807) is 0 Å². The van der Waals surface area contributed by atoms with Crippen LogP contribution in [0.1, 0.15) is 31.1 Å². The molecule has 0 unspecified atom stereocenters. The molecule has 1 aliphatic heterocycles. The van der Waals surface area contributed by atoms with E-state index in [2.05, 4.69) is 15.3 Å². The number of hydrogen-bond acceptors (Lipinski definition) is 3. The fourth-order valence-electron chi connectivity index (χ4n) is 2.42. The van der Waals surface area contributed by atoms with Crippen LogP contribution < -0.4 is 11.1 Å². The van der Waals surface area contributed by atoms with Crippen LogP contribution in [0.2, 0.25) is 5.15 Å². The number of fused-ring (bicyclic) bond motifs is 4. The van der Waals surface area contributed by atoms with Gasteiger partial charge in [0, 0.05) is 12.0 Å². The van der Waals surface area contributed by atoms with Crippen molar-refractivity contribution >= 4 is 23.2 Å². The highest BCUT2D eigenvalue weighted by molar-refractivity contribution is 6.32. The zero-order valence-electron chi connectivity index (χ0n) is 12.0. The molecule has 2 heterocycles. The molecule has 1 aliphatic rings. The Balaban J connectivity index is 2.09. The second kappa shape index (κ2) is 6.34. The lowest BCUT2D eigenvalue weighted by Crippen LogP contribution is -2.11. The van der Waals surface area contributed by atoms with Gasteiger partial charge in [-0.3, -0.25) is 4.79 Å². The van der Waals surface area contributed by atoms with Crippen molar-refractivity contribution in [3.05, 3.63) is 47.4 Å². The van der Waals surface area contributed by atoms with Gasteiger partial charge in [0.2, 0.25) is 5.91 Å². The minimum absolute atomic E-state index is 0.0347. The Bertz CT molecular complexity index is 723. The van der Waals surface area contributed by atoms with Crippen LogP contribution in [0.25, 0.3) is 11.3 Å². The number of carbonyl (C=O) groups is 1. The molecule has 0 aliphatic carbocycles. The van der Waals surface area contributed by atoms with Crippen LogP contribution in [-0.4, -0.2) is 15.9 Å². The van der Waals surface area contributed by atoms with Crippen LogP contribution >= 0.6 is 11.6 Å². The lowest BCUT2D eigenvalue weighted by Gasteiger charge is -2.09. The zero-order chi connectivity index (χ0) is 15.5. The lowest BCUT2D eigenvalue weighted by atomic mass is 10.1. The average Bonchev–Trinajstić information content (AvgIpc) is 2.89. The topological polar surface area (TPSA) is 83.8 Å². The zero-order valence-corrected chi connectivity index (χ0v) is 12.7. The third-order valence-electron chi connectivity index (χ3n) is 3.58. The number of carbonyl (C=O) groups excluding carboxylic acids is 1. The summed E-state index contributed by atoms with van der Waals surface area (Å²) in [6.45, 7) is 0. The molecule has 0 radical (unpaired) electrons. The Morgan fingerprint density at radius 1 is 1.27 bits per heavy atom. The first-order chi connectivity index (χ1) is 10.6. The molecule has 1 amide bonds. The van der Waals surface area contributed by atoms with Gasteiger partial charge in [-0.25, -0.2) is 4.98 Å². The molecule has 0 fully saturated rings. The van der Waals surface area contributed by atoms with E-state index < -0.39 is 0 Å². The van der Waals surface area contributed by atoms with Crippen LogP contribution in [0.15, 0.2) is 36.4 Å². The molecule has 3 rings (SSSR count). The van der Waals surface area contributed by atoms with E-state index in [0.29, 0.717) is 41.6 Å². The van der Waals surface area contributed by atoms with Crippen molar-refractivity contribution in [3.63, 3.8) is 0 Å². The summed E-state index contributed by atoms with van der Waals surface area (Å²) in [7, 11) is 0. The molecule has 22 heavy (non-hydrogen) atoms. The molecular weight excluding hydrogens is 300 g/mol. The summed E-state index contributed by atoms with van der Waals surface area (Å²) in [4.78, 5) is 19.6. The van der Waals surface area contributed by atoms with Gasteiger partial charge in [-0.05, 0) is 18.9 Å². The standard InChI is InChI=1S/C16H17ClN4O/c17-15-14-10-6-4-5-8-12(10)19-13(22)9-3-1-2-7-11(18)16(20-14)21-15/h1-2,4-6,8,11H,3,7,9,18H2,(H,19,22)(H,20,21)/b2-1-/t11-/m0/s1. The van der Waals surface area contributed by atoms with Gasteiger partial charge < -0.3 is 16.0 Å². The fraction of sp³-hybridized carbons (Fsp3) is 0.250. The fourth-order valence-corrected chi connectivity index (χ4v) is 2.66. The average molecular weight is 317 g/mol. The normalized spacial score (nSPS) is 20.1. The molecular formula is C16H17ClN4O. The summed E-state index contributed by atoms with van der Waals surface area (Å²) < 4.78 is 0. The lowest BCUT2D eigenvalue weighted by molar-refractivity contribution is -0.116. The molecule has 0 saturated carbocycles. The number of nitrogens with one attached hydrogen (secondary N) is 2. The summed E-state index contributed by atoms with van der Waals surface area (Å²) in [6, 6.07) is 7.22. The van der Waals surface area contributed by atoms with Crippen molar-refractivity contribution in [1.82, 2.24) is 9.97 Å². The van der Waals surface area contributed by atoms with E-state index in [1.165, 1.54) is 0 Å². The van der Waals surface area contributed by atoms with E-state index in [-0.39, 0.29) is 11.9 Å². The van der Waals surface area contributed by atoms with Crippen molar-refractivity contribution < 1.29 is 4.79 Å². The molecule has 0 saturated heterocycles. The number of nitrogens with two attached hydrogens (primary N) is 1. The minimum Gasteiger partial charge on any atom is -0.331 e. The number of hydrogen-bond donors (Lipinski definition) is 3. The van der Waals surface area contributed by atoms with Gasteiger partial charge in [-0.2, -0.15) is 0 Å². The predicted octanol–water partition coefficient (Wildman–Crippen LogP) is 3.41. The van der Waals surface area contributed by atoms with E-state index in [1.807, 2.05) is 36.4 Å². The number of benzene rings is 1. The van der Waals surface area contributed by atoms with E-state index in [4.69, 9.17) is 17.3 Å². The number of halogens is 1. The van der Waals surface area contributed by atoms with E-state index in [9.17, 15) is 4.79 Å². The minimum atomic E-state index is -0.251. The highest BCUT2D eigenvalue weighted by Crippen LogP contribution is 2.33. The number of aromatic nitrogens is 2. The maximum absolute atomic E-state index is 12.0. The van der Waals surface area contributed by atoms with Crippen molar-refractivity contribution in [1.29, 1.82) is 0 Å². The van der Waals surface area contributed by atoms with Gasteiger partial charge in [0.25, 0.3) is 0 Å². The smallest absolute Gasteiger partial charge is 0.224 e. The molecule has 114 valence electrons. The van der Waals surface area contributed by atoms with Gasteiger partial charge in [0.1, 0.15) is 16.7 Å². The van der Waals surface area contributed by atoms with Crippen LogP contribution in [0.5, 0.6) is 0 Å². The van der Waals surface area contributed by atoms with Crippen molar-refractivity contribution in [3.8, 4) is 11.3 Å². The number of nitrogens with zero attached hydrogens (tertiary/aromatic N) is 1. The molecule has 5 nitrogen and oxygen atoms in total. The first-order valence-corrected chi connectivity index (χ1v) is 7.58. The van der Waals surface area contributed by atoms with Gasteiger partial charge in [0.05, 0.1) is 11.7 Å². The molecule has 2 bridgehead atoms. The number of amides is 1. The summed E-state index contributed by atoms with van der Waals surface area (Å²) >= 11 is 6.28. The van der Waals surface area contributed by atoms with E-state index >= 15 is 0 Å². The van der Waals surface area contributed by atoms with Crippen molar-refractivity contribution in [2.24, 2.45) is 5.73 Å². The molecule has 1 aromatic heterocycles. The van der Waals surface area contributed by atoms with Gasteiger partial charge in [-0.15, -0.1) is 0 Å². The number of allylic oxidation sites excluding steroid dienone is 1. The first kappa shape index (κ1) is 14.8. The third-order valence-corrected chi connectivity index (χ3v) is 3.85. The van der Waals surface area contributed by atoms with E-state index in [0.717, 1.165) is 5.56 Å². The summed E-state index contributed by atoms with van der Waals surface area (Å²) in [5.41, 5.74) is 8.21. The Labute approximate surface area is 133 Å². The number of aromatic amines is 1. The molecule has 2 aromatic rings. The molecule has 1 atom stereocenters. The first-order valence-electron chi connectivity index (χ1n) is 7.20. The van der Waals surface area contributed by atoms with Crippen LogP contribution in [-0.2, 0) is 4.79 Å². The SMILES string of the molecule is N[C@H]1C/C=C\CCC(=O)Nc2ccccc2-c2nc1[nH]c2Cl. The van der Waals surface area contributed by atoms with Gasteiger partial charge >= 0.3 is 0 Å². The monoisotopic (exact) mass is 316 g/mol. The Morgan fingerprint density at radius 3 is 2.95 bits per heavy atom. The summed E-state index contributed by atoms with van der Waals surface area (Å²) in [6.07, 6.45) is 5.70. The number of rotatable bonds is 0. The Kier molecular flexibility index (Phi) is 4.27. The number of anilines is 1. The van der Waals surface area contributed by atoms with Crippen LogP contribution in [0.4, 0.5) is 5.69 Å². The number of para-hydroxylation sites is 1. The second-order valence-corrected chi connectivity index (χ2v) is 5.61. The van der Waals surface area contributed by atoms with Crippen LogP contribution in [0.3, 0.4) is 0 Å². The van der Waals surface area contributed by atoms with Crippen molar-refractivity contribution in [2.75, 3.05) is 5.32 Å².